The number of carboxylic acids is 1. The molecule has 1 fully saturated rings. The normalized spacial score (nSPS) is 22.2. The van der Waals surface area contributed by atoms with Crippen LogP contribution in [0.3, 0.4) is 0 Å². The lowest BCUT2D eigenvalue weighted by Crippen LogP contribution is -2.28. The summed E-state index contributed by atoms with van der Waals surface area (Å²) in [6.45, 7) is 0.608. The highest BCUT2D eigenvalue weighted by atomic mass is 19.1. The predicted octanol–water partition coefficient (Wildman–Crippen LogP) is 1.19. The van der Waals surface area contributed by atoms with Crippen molar-refractivity contribution in [2.75, 3.05) is 6.61 Å². The van der Waals surface area contributed by atoms with E-state index in [-0.39, 0.29) is 12.0 Å². The molecule has 130 valence electrons. The fraction of sp³-hybridized carbons (Fsp3) is 0.400. The molecule has 3 rings (SSSR count). The SMILES string of the molecule is NC(=O)C1CC(c2cc(F)cc(F)c2)=NO1.O=C(O)[C@@H]1CCCO1. The Morgan fingerprint density at radius 1 is 1.21 bits per heavy atom. The van der Waals surface area contributed by atoms with Gasteiger partial charge in [0.15, 0.2) is 6.10 Å². The molecular formula is C15H16F2N2O5. The van der Waals surface area contributed by atoms with Gasteiger partial charge in [0.05, 0.1) is 5.71 Å². The van der Waals surface area contributed by atoms with Gasteiger partial charge in [-0.05, 0) is 25.0 Å². The summed E-state index contributed by atoms with van der Waals surface area (Å²) in [7, 11) is 0. The Hall–Kier alpha value is -2.55. The van der Waals surface area contributed by atoms with Gasteiger partial charge in [0, 0.05) is 24.7 Å². The number of ether oxygens (including phenoxy) is 1. The van der Waals surface area contributed by atoms with Gasteiger partial charge in [-0.3, -0.25) is 4.79 Å². The summed E-state index contributed by atoms with van der Waals surface area (Å²) < 4.78 is 30.6. The summed E-state index contributed by atoms with van der Waals surface area (Å²) in [5.74, 6) is -2.90. The van der Waals surface area contributed by atoms with Crippen LogP contribution in [0.4, 0.5) is 8.78 Å². The molecule has 7 nitrogen and oxygen atoms in total. The molecule has 24 heavy (non-hydrogen) atoms. The molecule has 9 heteroatoms. The van der Waals surface area contributed by atoms with Crippen LogP contribution in [0.1, 0.15) is 24.8 Å². The molecule has 0 radical (unpaired) electrons. The van der Waals surface area contributed by atoms with Gasteiger partial charge in [-0.15, -0.1) is 0 Å². The smallest absolute Gasteiger partial charge is 0.332 e. The fourth-order valence-electron chi connectivity index (χ4n) is 2.19. The molecule has 3 N–H and O–H groups in total. The van der Waals surface area contributed by atoms with Crippen LogP contribution in [0.25, 0.3) is 0 Å². The number of carboxylic acid groups (broad SMARTS) is 1. The van der Waals surface area contributed by atoms with Crippen molar-refractivity contribution in [2.45, 2.75) is 31.5 Å². The van der Waals surface area contributed by atoms with Crippen molar-refractivity contribution < 1.29 is 33.1 Å². The lowest BCUT2D eigenvalue weighted by molar-refractivity contribution is -0.147. The predicted molar refractivity (Wildman–Crippen MR) is 78.2 cm³/mol. The summed E-state index contributed by atoms with van der Waals surface area (Å²) >= 11 is 0. The number of halogens is 2. The summed E-state index contributed by atoms with van der Waals surface area (Å²) in [6.07, 6.45) is 0.307. The molecule has 1 saturated heterocycles. The molecular weight excluding hydrogens is 326 g/mol. The van der Waals surface area contributed by atoms with E-state index in [0.29, 0.717) is 18.7 Å². The maximum atomic E-state index is 12.9. The first-order valence-corrected chi connectivity index (χ1v) is 7.19. The van der Waals surface area contributed by atoms with Crippen molar-refractivity contribution in [3.05, 3.63) is 35.4 Å². The van der Waals surface area contributed by atoms with E-state index >= 15 is 0 Å². The van der Waals surface area contributed by atoms with Crippen molar-refractivity contribution in [3.8, 4) is 0 Å². The van der Waals surface area contributed by atoms with Gasteiger partial charge in [0.2, 0.25) is 6.10 Å². The molecule has 2 aliphatic heterocycles. The van der Waals surface area contributed by atoms with Crippen LogP contribution in [0, 0.1) is 11.6 Å². The van der Waals surface area contributed by atoms with Crippen LogP contribution >= 0.6 is 0 Å². The van der Waals surface area contributed by atoms with Gasteiger partial charge >= 0.3 is 5.97 Å². The van der Waals surface area contributed by atoms with Crippen LogP contribution in [-0.2, 0) is 19.2 Å². The van der Waals surface area contributed by atoms with Gasteiger partial charge in [-0.2, -0.15) is 0 Å². The van der Waals surface area contributed by atoms with Crippen LogP contribution in [-0.4, -0.2) is 41.5 Å². The summed E-state index contributed by atoms with van der Waals surface area (Å²) in [5, 5.41) is 11.9. The summed E-state index contributed by atoms with van der Waals surface area (Å²) in [5.41, 5.74) is 5.57. The zero-order valence-corrected chi connectivity index (χ0v) is 12.6. The van der Waals surface area contributed by atoms with Crippen molar-refractivity contribution in [1.29, 1.82) is 0 Å². The van der Waals surface area contributed by atoms with E-state index in [0.717, 1.165) is 24.6 Å². The molecule has 0 saturated carbocycles. The molecule has 1 aromatic rings. The highest BCUT2D eigenvalue weighted by Crippen LogP contribution is 2.18. The van der Waals surface area contributed by atoms with E-state index in [2.05, 4.69) is 5.16 Å². The minimum atomic E-state index is -0.860. The number of amides is 1. The Morgan fingerprint density at radius 2 is 1.88 bits per heavy atom. The highest BCUT2D eigenvalue weighted by Gasteiger charge is 2.27. The monoisotopic (exact) mass is 342 g/mol. The van der Waals surface area contributed by atoms with Gasteiger partial charge in [-0.1, -0.05) is 5.16 Å². The quantitative estimate of drug-likeness (QED) is 0.857. The zero-order chi connectivity index (χ0) is 17.7. The molecule has 0 aromatic heterocycles. The maximum Gasteiger partial charge on any atom is 0.332 e. The number of aliphatic carboxylic acids is 1. The number of oxime groups is 1. The van der Waals surface area contributed by atoms with Gasteiger partial charge < -0.3 is 20.4 Å². The van der Waals surface area contributed by atoms with E-state index in [1.807, 2.05) is 0 Å². The lowest BCUT2D eigenvalue weighted by Gasteiger charge is -2.01. The number of carbonyl (C=O) groups excluding carboxylic acids is 1. The molecule has 1 aromatic carbocycles. The molecule has 0 spiro atoms. The van der Waals surface area contributed by atoms with E-state index in [1.165, 1.54) is 0 Å². The zero-order valence-electron chi connectivity index (χ0n) is 12.6. The van der Waals surface area contributed by atoms with E-state index < -0.39 is 35.7 Å². The molecule has 1 amide bonds. The Bertz CT molecular complexity index is 639. The summed E-state index contributed by atoms with van der Waals surface area (Å²) in [4.78, 5) is 25.6. The third-order valence-corrected chi connectivity index (χ3v) is 3.39. The number of hydrogen-bond donors (Lipinski definition) is 2. The minimum absolute atomic E-state index is 0.123. The molecule has 1 unspecified atom stereocenters. The largest absolute Gasteiger partial charge is 0.479 e. The van der Waals surface area contributed by atoms with Gasteiger partial charge in [0.1, 0.15) is 11.6 Å². The van der Waals surface area contributed by atoms with E-state index in [1.54, 1.807) is 0 Å². The van der Waals surface area contributed by atoms with Crippen molar-refractivity contribution in [3.63, 3.8) is 0 Å². The molecule has 2 heterocycles. The first kappa shape index (κ1) is 17.8. The van der Waals surface area contributed by atoms with Gasteiger partial charge in [-0.25, -0.2) is 13.6 Å². The average Bonchev–Trinajstić information content (AvgIpc) is 3.19. The van der Waals surface area contributed by atoms with E-state index in [9.17, 15) is 18.4 Å². The lowest BCUT2D eigenvalue weighted by atomic mass is 10.0. The third-order valence-electron chi connectivity index (χ3n) is 3.39. The maximum absolute atomic E-state index is 12.9. The van der Waals surface area contributed by atoms with Crippen LogP contribution in [0.15, 0.2) is 23.4 Å². The first-order valence-electron chi connectivity index (χ1n) is 7.19. The number of carbonyl (C=O) groups is 2. The number of benzene rings is 1. The Kier molecular flexibility index (Phi) is 5.80. The van der Waals surface area contributed by atoms with Crippen LogP contribution < -0.4 is 5.73 Å². The Morgan fingerprint density at radius 3 is 2.29 bits per heavy atom. The molecule has 0 aliphatic carbocycles. The van der Waals surface area contributed by atoms with Crippen molar-refractivity contribution in [2.24, 2.45) is 10.9 Å². The Balaban J connectivity index is 0.000000219. The molecule has 2 aliphatic rings. The van der Waals surface area contributed by atoms with Crippen molar-refractivity contribution in [1.82, 2.24) is 0 Å². The topological polar surface area (TPSA) is 111 Å². The summed E-state index contributed by atoms with van der Waals surface area (Å²) in [6, 6.07) is 2.99. The number of nitrogens with two attached hydrogens (primary N) is 1. The third kappa shape index (κ3) is 4.72. The molecule has 0 bridgehead atoms. The number of primary amides is 1. The fourth-order valence-corrected chi connectivity index (χ4v) is 2.19. The van der Waals surface area contributed by atoms with Gasteiger partial charge in [0.25, 0.3) is 5.91 Å². The number of nitrogens with zero attached hydrogens (tertiary/aromatic N) is 1. The second kappa shape index (κ2) is 7.82. The second-order valence-corrected chi connectivity index (χ2v) is 5.24. The first-order chi connectivity index (χ1) is 11.4. The molecule has 2 atom stereocenters. The van der Waals surface area contributed by atoms with E-state index in [4.69, 9.17) is 20.4 Å². The number of rotatable bonds is 3. The van der Waals surface area contributed by atoms with Crippen molar-refractivity contribution >= 4 is 17.6 Å². The van der Waals surface area contributed by atoms with Crippen LogP contribution in [0.2, 0.25) is 0 Å². The second-order valence-electron chi connectivity index (χ2n) is 5.24. The Labute approximate surface area is 136 Å². The standard InChI is InChI=1S/C10H8F2N2O2.C5H8O3/c11-6-1-5(2-7(12)3-6)8-4-9(10(13)15)16-14-8;6-5(7)4-2-1-3-8-4/h1-3,9H,4H2,(H2,13,15);4H,1-3H2,(H,6,7)/t;4-/m.0/s1. The average molecular weight is 342 g/mol. The minimum Gasteiger partial charge on any atom is -0.479 e. The number of hydrogen-bond acceptors (Lipinski definition) is 5. The van der Waals surface area contributed by atoms with Crippen LogP contribution in [0.5, 0.6) is 0 Å². The highest BCUT2D eigenvalue weighted by molar-refractivity contribution is 6.03.